The van der Waals surface area contributed by atoms with Gasteiger partial charge in [0.15, 0.2) is 0 Å². The van der Waals surface area contributed by atoms with Gasteiger partial charge in [-0.15, -0.1) is 0 Å². The quantitative estimate of drug-likeness (QED) is 0.723. The molecule has 1 aromatic rings. The topological polar surface area (TPSA) is 63.8 Å². The van der Waals surface area contributed by atoms with Crippen LogP contribution in [0.2, 0.25) is 0 Å². The molecule has 0 aromatic carbocycles. The van der Waals surface area contributed by atoms with Gasteiger partial charge in [-0.3, -0.25) is 0 Å². The van der Waals surface area contributed by atoms with Crippen molar-refractivity contribution in [3.63, 3.8) is 0 Å². The number of nitrogens with two attached hydrogens (primary N) is 1. The SMILES string of the molecule is Cc1cc(C(C)C)nc(NCCCCN)n1. The first kappa shape index (κ1) is 12.9. The second kappa shape index (κ2) is 6.43. The van der Waals surface area contributed by atoms with Gasteiger partial charge in [0, 0.05) is 17.9 Å². The number of unbranched alkanes of at least 4 members (excludes halogenated alkanes) is 1. The van der Waals surface area contributed by atoms with Crippen LogP contribution < -0.4 is 11.1 Å². The zero-order valence-corrected chi connectivity index (χ0v) is 10.5. The lowest BCUT2D eigenvalue weighted by Gasteiger charge is -2.09. The van der Waals surface area contributed by atoms with Crippen LogP contribution in [0.1, 0.15) is 44.0 Å². The fraction of sp³-hybridized carbons (Fsp3) is 0.667. The summed E-state index contributed by atoms with van der Waals surface area (Å²) in [6.07, 6.45) is 2.10. The minimum atomic E-state index is 0.436. The summed E-state index contributed by atoms with van der Waals surface area (Å²) in [5, 5.41) is 3.24. The van der Waals surface area contributed by atoms with Gasteiger partial charge in [0.2, 0.25) is 5.95 Å². The molecule has 3 N–H and O–H groups in total. The largest absolute Gasteiger partial charge is 0.354 e. The zero-order chi connectivity index (χ0) is 12.0. The van der Waals surface area contributed by atoms with Crippen LogP contribution in [0.4, 0.5) is 5.95 Å². The maximum absolute atomic E-state index is 5.44. The summed E-state index contributed by atoms with van der Waals surface area (Å²) in [5.74, 6) is 1.17. The molecule has 1 aromatic heterocycles. The molecule has 90 valence electrons. The van der Waals surface area contributed by atoms with E-state index in [1.54, 1.807) is 0 Å². The smallest absolute Gasteiger partial charge is 0.223 e. The van der Waals surface area contributed by atoms with Crippen LogP contribution in [-0.2, 0) is 0 Å². The normalized spacial score (nSPS) is 10.8. The Morgan fingerprint density at radius 2 is 2.06 bits per heavy atom. The Kier molecular flexibility index (Phi) is 5.19. The lowest BCUT2D eigenvalue weighted by Crippen LogP contribution is -2.10. The van der Waals surface area contributed by atoms with Crippen molar-refractivity contribution in [2.24, 2.45) is 5.73 Å². The monoisotopic (exact) mass is 222 g/mol. The molecule has 0 amide bonds. The van der Waals surface area contributed by atoms with Crippen molar-refractivity contribution in [2.45, 2.75) is 39.5 Å². The third-order valence-electron chi connectivity index (χ3n) is 2.38. The molecule has 0 atom stereocenters. The number of nitrogens with one attached hydrogen (secondary N) is 1. The molecule has 0 radical (unpaired) electrons. The average molecular weight is 222 g/mol. The standard InChI is InChI=1S/C12H22N4/c1-9(2)11-8-10(3)15-12(16-11)14-7-5-4-6-13/h8-9H,4-7,13H2,1-3H3,(H,14,15,16). The molecule has 16 heavy (non-hydrogen) atoms. The Balaban J connectivity index is 2.58. The number of hydrogen-bond donors (Lipinski definition) is 2. The van der Waals surface area contributed by atoms with Gasteiger partial charge in [-0.25, -0.2) is 9.97 Å². The molecule has 0 spiro atoms. The molecule has 0 aliphatic heterocycles. The van der Waals surface area contributed by atoms with Crippen molar-refractivity contribution in [2.75, 3.05) is 18.4 Å². The van der Waals surface area contributed by atoms with Crippen LogP contribution in [0, 0.1) is 6.92 Å². The molecule has 4 nitrogen and oxygen atoms in total. The Morgan fingerprint density at radius 1 is 1.31 bits per heavy atom. The van der Waals surface area contributed by atoms with Crippen molar-refractivity contribution < 1.29 is 0 Å². The molecule has 0 unspecified atom stereocenters. The van der Waals surface area contributed by atoms with E-state index < -0.39 is 0 Å². The number of aromatic nitrogens is 2. The lowest BCUT2D eigenvalue weighted by molar-refractivity contribution is 0.763. The predicted molar refractivity (Wildman–Crippen MR) is 67.6 cm³/mol. The highest BCUT2D eigenvalue weighted by molar-refractivity contribution is 5.28. The second-order valence-electron chi connectivity index (χ2n) is 4.34. The van der Waals surface area contributed by atoms with Gasteiger partial charge in [-0.2, -0.15) is 0 Å². The van der Waals surface area contributed by atoms with Crippen molar-refractivity contribution in [1.29, 1.82) is 0 Å². The van der Waals surface area contributed by atoms with Gasteiger partial charge in [0.25, 0.3) is 0 Å². The minimum absolute atomic E-state index is 0.436. The highest BCUT2D eigenvalue weighted by atomic mass is 15.1. The van der Waals surface area contributed by atoms with Crippen LogP contribution in [-0.4, -0.2) is 23.1 Å². The highest BCUT2D eigenvalue weighted by Crippen LogP contribution is 2.14. The molecule has 0 saturated heterocycles. The summed E-state index contributed by atoms with van der Waals surface area (Å²) in [6.45, 7) is 7.91. The number of nitrogens with zero attached hydrogens (tertiary/aromatic N) is 2. The van der Waals surface area contributed by atoms with Gasteiger partial charge < -0.3 is 11.1 Å². The molecular weight excluding hydrogens is 200 g/mol. The van der Waals surface area contributed by atoms with Crippen molar-refractivity contribution in [3.8, 4) is 0 Å². The van der Waals surface area contributed by atoms with Crippen LogP contribution >= 0.6 is 0 Å². The second-order valence-corrected chi connectivity index (χ2v) is 4.34. The van der Waals surface area contributed by atoms with Crippen LogP contribution in [0.25, 0.3) is 0 Å². The molecule has 0 aliphatic rings. The van der Waals surface area contributed by atoms with Crippen molar-refractivity contribution in [3.05, 3.63) is 17.5 Å². The van der Waals surface area contributed by atoms with E-state index in [1.165, 1.54) is 0 Å². The summed E-state index contributed by atoms with van der Waals surface area (Å²) in [6, 6.07) is 2.04. The predicted octanol–water partition coefficient (Wildman–Crippen LogP) is 2.06. The number of rotatable bonds is 6. The van der Waals surface area contributed by atoms with E-state index in [0.29, 0.717) is 5.92 Å². The lowest BCUT2D eigenvalue weighted by atomic mass is 10.1. The molecule has 1 heterocycles. The summed E-state index contributed by atoms with van der Waals surface area (Å²) in [5.41, 5.74) is 7.54. The number of aryl methyl sites for hydroxylation is 1. The molecule has 1 rings (SSSR count). The Hall–Kier alpha value is -1.16. The number of hydrogen-bond acceptors (Lipinski definition) is 4. The molecule has 0 bridgehead atoms. The van der Waals surface area contributed by atoms with Crippen LogP contribution in [0.15, 0.2) is 6.07 Å². The summed E-state index contributed by atoms with van der Waals surface area (Å²) in [4.78, 5) is 8.84. The minimum Gasteiger partial charge on any atom is -0.354 e. The van der Waals surface area contributed by atoms with Crippen molar-refractivity contribution in [1.82, 2.24) is 9.97 Å². The van der Waals surface area contributed by atoms with Gasteiger partial charge >= 0.3 is 0 Å². The Morgan fingerprint density at radius 3 is 2.69 bits per heavy atom. The van der Waals surface area contributed by atoms with E-state index in [9.17, 15) is 0 Å². The van der Waals surface area contributed by atoms with Gasteiger partial charge in [0.05, 0.1) is 0 Å². The van der Waals surface area contributed by atoms with E-state index in [2.05, 4.69) is 29.1 Å². The van der Waals surface area contributed by atoms with E-state index in [0.717, 1.165) is 43.3 Å². The highest BCUT2D eigenvalue weighted by Gasteiger charge is 2.04. The maximum Gasteiger partial charge on any atom is 0.223 e. The van der Waals surface area contributed by atoms with E-state index in [4.69, 9.17) is 5.73 Å². The molecular formula is C12H22N4. The van der Waals surface area contributed by atoms with Crippen LogP contribution in [0.5, 0.6) is 0 Å². The van der Waals surface area contributed by atoms with E-state index >= 15 is 0 Å². The summed E-state index contributed by atoms with van der Waals surface area (Å²) >= 11 is 0. The molecule has 0 fully saturated rings. The van der Waals surface area contributed by atoms with Gasteiger partial charge in [-0.1, -0.05) is 13.8 Å². The Bertz CT molecular complexity index is 323. The zero-order valence-electron chi connectivity index (χ0n) is 10.5. The van der Waals surface area contributed by atoms with E-state index in [-0.39, 0.29) is 0 Å². The fourth-order valence-corrected chi connectivity index (χ4v) is 1.44. The molecule has 0 aliphatic carbocycles. The third-order valence-corrected chi connectivity index (χ3v) is 2.38. The fourth-order valence-electron chi connectivity index (χ4n) is 1.44. The summed E-state index contributed by atoms with van der Waals surface area (Å²) in [7, 11) is 0. The number of anilines is 1. The van der Waals surface area contributed by atoms with Gasteiger partial charge in [-0.05, 0) is 38.3 Å². The van der Waals surface area contributed by atoms with Crippen molar-refractivity contribution >= 4 is 5.95 Å². The van der Waals surface area contributed by atoms with Gasteiger partial charge in [0.1, 0.15) is 0 Å². The molecule has 4 heteroatoms. The third kappa shape index (κ3) is 4.14. The molecule has 0 saturated carbocycles. The first-order valence-corrected chi connectivity index (χ1v) is 5.93. The average Bonchev–Trinajstić information content (AvgIpc) is 2.23. The first-order chi connectivity index (χ1) is 7.63. The van der Waals surface area contributed by atoms with Crippen LogP contribution in [0.3, 0.4) is 0 Å². The maximum atomic E-state index is 5.44. The first-order valence-electron chi connectivity index (χ1n) is 5.93. The Labute approximate surface area is 97.7 Å². The summed E-state index contributed by atoms with van der Waals surface area (Å²) < 4.78 is 0. The van der Waals surface area contributed by atoms with E-state index in [1.807, 2.05) is 13.0 Å².